The molecule has 10 heavy (non-hydrogen) atoms. The second kappa shape index (κ2) is 3.35. The number of rotatable bonds is 1. The van der Waals surface area contributed by atoms with Gasteiger partial charge in [-0.1, -0.05) is 6.92 Å². The molecule has 2 nitrogen and oxygen atoms in total. The van der Waals surface area contributed by atoms with E-state index in [4.69, 9.17) is 9.47 Å². The van der Waals surface area contributed by atoms with Crippen LogP contribution in [-0.4, -0.2) is 19.5 Å². The molecule has 60 valence electrons. The molecule has 2 heteroatoms. The Hall–Kier alpha value is -0.0800. The van der Waals surface area contributed by atoms with Gasteiger partial charge in [0.25, 0.3) is 0 Å². The molecule has 1 aliphatic rings. The Morgan fingerprint density at radius 1 is 1.30 bits per heavy atom. The first-order valence-electron chi connectivity index (χ1n) is 3.90. The van der Waals surface area contributed by atoms with Crippen LogP contribution in [0.15, 0.2) is 0 Å². The summed E-state index contributed by atoms with van der Waals surface area (Å²) in [5, 5.41) is 0. The molecule has 0 saturated carbocycles. The van der Waals surface area contributed by atoms with Crippen LogP contribution in [0.3, 0.4) is 0 Å². The molecule has 1 heterocycles. The molecule has 3 atom stereocenters. The largest absolute Gasteiger partial charge is 0.356 e. The average Bonchev–Trinajstić information content (AvgIpc) is 1.85. The molecule has 0 aromatic heterocycles. The maximum Gasteiger partial charge on any atom is 0.157 e. The van der Waals surface area contributed by atoms with Crippen LogP contribution >= 0.6 is 0 Å². The highest BCUT2D eigenvalue weighted by Gasteiger charge is 2.23. The van der Waals surface area contributed by atoms with Gasteiger partial charge in [-0.2, -0.15) is 0 Å². The van der Waals surface area contributed by atoms with Crippen LogP contribution in [0.25, 0.3) is 0 Å². The minimum absolute atomic E-state index is 0.0405. The van der Waals surface area contributed by atoms with E-state index in [2.05, 4.69) is 13.8 Å². The molecule has 1 rings (SSSR count). The summed E-state index contributed by atoms with van der Waals surface area (Å²) >= 11 is 0. The van der Waals surface area contributed by atoms with E-state index in [9.17, 15) is 0 Å². The lowest BCUT2D eigenvalue weighted by atomic mass is 9.98. The Bertz CT molecular complexity index is 93.4. The summed E-state index contributed by atoms with van der Waals surface area (Å²) in [5.74, 6) is 0.744. The van der Waals surface area contributed by atoms with Gasteiger partial charge < -0.3 is 9.47 Å². The summed E-state index contributed by atoms with van der Waals surface area (Å²) in [6.07, 6.45) is 2.62. The first kappa shape index (κ1) is 8.02. The molecule has 1 saturated heterocycles. The minimum Gasteiger partial charge on any atom is -0.356 e. The van der Waals surface area contributed by atoms with Crippen LogP contribution in [-0.2, 0) is 9.47 Å². The van der Waals surface area contributed by atoms with Gasteiger partial charge in [0.05, 0.1) is 6.10 Å². The van der Waals surface area contributed by atoms with Gasteiger partial charge in [-0.05, 0) is 19.3 Å². The van der Waals surface area contributed by atoms with E-state index in [-0.39, 0.29) is 6.29 Å². The van der Waals surface area contributed by atoms with Gasteiger partial charge in [0.1, 0.15) is 0 Å². The molecule has 1 aliphatic heterocycles. The molecule has 0 spiro atoms. The van der Waals surface area contributed by atoms with Crippen molar-refractivity contribution in [3.05, 3.63) is 0 Å². The fourth-order valence-corrected chi connectivity index (χ4v) is 1.51. The van der Waals surface area contributed by atoms with E-state index in [1.165, 1.54) is 6.42 Å². The molecule has 0 aliphatic carbocycles. The van der Waals surface area contributed by atoms with Gasteiger partial charge in [-0.25, -0.2) is 0 Å². The van der Waals surface area contributed by atoms with Crippen LogP contribution in [0.2, 0.25) is 0 Å². The highest BCUT2D eigenvalue weighted by molar-refractivity contribution is 4.67. The maximum atomic E-state index is 5.48. The van der Waals surface area contributed by atoms with Crippen LogP contribution in [0.4, 0.5) is 0 Å². The van der Waals surface area contributed by atoms with Crippen molar-refractivity contribution in [3.63, 3.8) is 0 Å². The topological polar surface area (TPSA) is 18.5 Å². The highest BCUT2D eigenvalue weighted by atomic mass is 16.7. The second-order valence-electron chi connectivity index (χ2n) is 3.19. The molecule has 0 bridgehead atoms. The summed E-state index contributed by atoms with van der Waals surface area (Å²) in [5.41, 5.74) is 0. The first-order chi connectivity index (χ1) is 4.72. The third-order valence-electron chi connectivity index (χ3n) is 1.98. The van der Waals surface area contributed by atoms with E-state index in [1.54, 1.807) is 7.11 Å². The van der Waals surface area contributed by atoms with Crippen molar-refractivity contribution in [3.8, 4) is 0 Å². The number of hydrogen-bond acceptors (Lipinski definition) is 2. The lowest BCUT2D eigenvalue weighted by Crippen LogP contribution is -2.31. The molecular formula is C8H16O2. The third kappa shape index (κ3) is 1.96. The van der Waals surface area contributed by atoms with Gasteiger partial charge in [-0.3, -0.25) is 0 Å². The van der Waals surface area contributed by atoms with Crippen LogP contribution in [0.1, 0.15) is 26.7 Å². The van der Waals surface area contributed by atoms with E-state index >= 15 is 0 Å². The fraction of sp³-hybridized carbons (Fsp3) is 1.00. The van der Waals surface area contributed by atoms with Crippen molar-refractivity contribution < 1.29 is 9.47 Å². The summed E-state index contributed by atoms with van der Waals surface area (Å²) in [6, 6.07) is 0. The number of hydrogen-bond donors (Lipinski definition) is 0. The number of ether oxygens (including phenoxy) is 2. The van der Waals surface area contributed by atoms with E-state index in [1.807, 2.05) is 0 Å². The molecule has 0 aromatic carbocycles. The van der Waals surface area contributed by atoms with E-state index in [0.29, 0.717) is 6.10 Å². The smallest absolute Gasteiger partial charge is 0.157 e. The molecule has 0 unspecified atom stereocenters. The van der Waals surface area contributed by atoms with Crippen molar-refractivity contribution in [2.24, 2.45) is 5.92 Å². The second-order valence-corrected chi connectivity index (χ2v) is 3.19. The minimum atomic E-state index is 0.0405. The molecule has 1 fully saturated rings. The predicted molar refractivity (Wildman–Crippen MR) is 39.7 cm³/mol. The van der Waals surface area contributed by atoms with Crippen LogP contribution in [0.5, 0.6) is 0 Å². The van der Waals surface area contributed by atoms with Gasteiger partial charge in [0, 0.05) is 13.5 Å². The summed E-state index contributed by atoms with van der Waals surface area (Å²) in [4.78, 5) is 0. The molecule has 0 aromatic rings. The SMILES string of the molecule is CO[C@H]1C[C@@H](C)C[C@@H](C)O1. The zero-order valence-electron chi connectivity index (χ0n) is 6.96. The fourth-order valence-electron chi connectivity index (χ4n) is 1.51. The van der Waals surface area contributed by atoms with Gasteiger partial charge in [-0.15, -0.1) is 0 Å². The maximum absolute atomic E-state index is 5.48. The first-order valence-corrected chi connectivity index (χ1v) is 3.90. The lowest BCUT2D eigenvalue weighted by molar-refractivity contribution is -0.186. The average molecular weight is 144 g/mol. The Kier molecular flexibility index (Phi) is 2.69. The Morgan fingerprint density at radius 2 is 2.00 bits per heavy atom. The summed E-state index contributed by atoms with van der Waals surface area (Å²) < 4.78 is 10.6. The van der Waals surface area contributed by atoms with Crippen molar-refractivity contribution in [1.29, 1.82) is 0 Å². The zero-order chi connectivity index (χ0) is 7.56. The molecule has 0 radical (unpaired) electrons. The van der Waals surface area contributed by atoms with Gasteiger partial charge in [0.2, 0.25) is 0 Å². The lowest BCUT2D eigenvalue weighted by Gasteiger charge is -2.30. The van der Waals surface area contributed by atoms with Crippen molar-refractivity contribution >= 4 is 0 Å². The Labute approximate surface area is 62.5 Å². The standard InChI is InChI=1S/C8H16O2/c1-6-4-7(2)10-8(5-6)9-3/h6-8H,4-5H2,1-3H3/t6-,7+,8+/m0/s1. The Morgan fingerprint density at radius 3 is 2.50 bits per heavy atom. The summed E-state index contributed by atoms with van der Waals surface area (Å²) in [7, 11) is 1.70. The van der Waals surface area contributed by atoms with Crippen LogP contribution < -0.4 is 0 Å². The third-order valence-corrected chi connectivity index (χ3v) is 1.98. The normalized spacial score (nSPS) is 41.7. The summed E-state index contributed by atoms with van der Waals surface area (Å²) in [6.45, 7) is 4.34. The zero-order valence-corrected chi connectivity index (χ0v) is 6.96. The van der Waals surface area contributed by atoms with Crippen molar-refractivity contribution in [2.75, 3.05) is 7.11 Å². The predicted octanol–water partition coefficient (Wildman–Crippen LogP) is 1.79. The van der Waals surface area contributed by atoms with Crippen molar-refractivity contribution in [2.45, 2.75) is 39.1 Å². The molecule has 0 amide bonds. The van der Waals surface area contributed by atoms with E-state index < -0.39 is 0 Å². The van der Waals surface area contributed by atoms with Crippen LogP contribution in [0, 0.1) is 5.92 Å². The molecule has 0 N–H and O–H groups in total. The molecular weight excluding hydrogens is 128 g/mol. The van der Waals surface area contributed by atoms with Gasteiger partial charge >= 0.3 is 0 Å². The highest BCUT2D eigenvalue weighted by Crippen LogP contribution is 2.24. The van der Waals surface area contributed by atoms with Crippen molar-refractivity contribution in [1.82, 2.24) is 0 Å². The quantitative estimate of drug-likeness (QED) is 0.558. The monoisotopic (exact) mass is 144 g/mol. The van der Waals surface area contributed by atoms with E-state index in [0.717, 1.165) is 12.3 Å². The van der Waals surface area contributed by atoms with Gasteiger partial charge in [0.15, 0.2) is 6.29 Å². The Balaban J connectivity index is 2.35. The number of methoxy groups -OCH3 is 1.